The van der Waals surface area contributed by atoms with Crippen molar-refractivity contribution in [2.24, 2.45) is 0 Å². The molecule has 0 N–H and O–H groups in total. The molecule has 0 saturated heterocycles. The molecule has 4 heteroatoms. The van der Waals surface area contributed by atoms with Gasteiger partial charge in [0.25, 0.3) is 0 Å². The van der Waals surface area contributed by atoms with Gasteiger partial charge in [0, 0.05) is 11.8 Å². The molecule has 0 aliphatic heterocycles. The van der Waals surface area contributed by atoms with Crippen LogP contribution in [0.25, 0.3) is 11.3 Å². The molecule has 0 aliphatic rings. The molecule has 0 fully saturated rings. The highest BCUT2D eigenvalue weighted by molar-refractivity contribution is 5.59. The van der Waals surface area contributed by atoms with Gasteiger partial charge in [-0.3, -0.25) is 0 Å². The van der Waals surface area contributed by atoms with Crippen LogP contribution in [0.15, 0.2) is 36.5 Å². The molecule has 3 nitrogen and oxygen atoms in total. The summed E-state index contributed by atoms with van der Waals surface area (Å²) in [5.41, 5.74) is 0.931. The van der Waals surface area contributed by atoms with E-state index < -0.39 is 0 Å². The Kier molecular flexibility index (Phi) is 3.63. The summed E-state index contributed by atoms with van der Waals surface area (Å²) >= 11 is 0. The highest BCUT2D eigenvalue weighted by Gasteiger charge is 2.13. The summed E-state index contributed by atoms with van der Waals surface area (Å²) in [4.78, 5) is 8.35. The lowest BCUT2D eigenvalue weighted by Gasteiger charge is -2.07. The van der Waals surface area contributed by atoms with Gasteiger partial charge < -0.3 is 0 Å². The summed E-state index contributed by atoms with van der Waals surface area (Å²) in [6.45, 7) is 1.90. The van der Waals surface area contributed by atoms with Crippen LogP contribution in [0.2, 0.25) is 0 Å². The highest BCUT2D eigenvalue weighted by atomic mass is 19.1. The van der Waals surface area contributed by atoms with Crippen LogP contribution in [0, 0.1) is 17.1 Å². The first-order valence-electron chi connectivity index (χ1n) is 5.73. The number of nitriles is 1. The van der Waals surface area contributed by atoms with Crippen LogP contribution in [0.4, 0.5) is 4.39 Å². The van der Waals surface area contributed by atoms with Crippen LogP contribution in [0.1, 0.15) is 25.1 Å². The molecule has 1 aromatic carbocycles. The Morgan fingerprint density at radius 1 is 1.33 bits per heavy atom. The molecular weight excluding hydrogens is 229 g/mol. The third kappa shape index (κ3) is 2.35. The van der Waals surface area contributed by atoms with E-state index in [0.29, 0.717) is 23.5 Å². The normalized spacial score (nSPS) is 11.8. The summed E-state index contributed by atoms with van der Waals surface area (Å²) in [6.07, 6.45) is 2.20. The van der Waals surface area contributed by atoms with Crippen LogP contribution < -0.4 is 0 Å². The second-order valence-electron chi connectivity index (χ2n) is 3.87. The third-order valence-electron chi connectivity index (χ3n) is 2.70. The van der Waals surface area contributed by atoms with Crippen molar-refractivity contribution in [1.29, 1.82) is 5.26 Å². The zero-order chi connectivity index (χ0) is 13.0. The van der Waals surface area contributed by atoms with Crippen molar-refractivity contribution < 1.29 is 4.39 Å². The minimum atomic E-state index is -0.350. The molecule has 1 atom stereocenters. The van der Waals surface area contributed by atoms with Gasteiger partial charge in [0.05, 0.1) is 11.8 Å². The maximum absolute atomic E-state index is 13.6. The van der Waals surface area contributed by atoms with Gasteiger partial charge in [-0.05, 0) is 24.6 Å². The number of halogens is 1. The van der Waals surface area contributed by atoms with Gasteiger partial charge in [-0.1, -0.05) is 19.1 Å². The largest absolute Gasteiger partial charge is 0.240 e. The first-order chi connectivity index (χ1) is 8.76. The van der Waals surface area contributed by atoms with E-state index in [-0.39, 0.29) is 11.7 Å². The second kappa shape index (κ2) is 5.37. The monoisotopic (exact) mass is 241 g/mol. The Bertz CT molecular complexity index is 590. The molecule has 1 unspecified atom stereocenters. The lowest BCUT2D eigenvalue weighted by atomic mass is 10.1. The van der Waals surface area contributed by atoms with E-state index in [9.17, 15) is 4.39 Å². The average Bonchev–Trinajstić information content (AvgIpc) is 2.41. The Labute approximate surface area is 105 Å². The van der Waals surface area contributed by atoms with Crippen molar-refractivity contribution in [3.05, 3.63) is 48.2 Å². The van der Waals surface area contributed by atoms with Crippen LogP contribution in [-0.2, 0) is 0 Å². The smallest absolute Gasteiger partial charge is 0.146 e. The molecule has 0 bridgehead atoms. The SMILES string of the molecule is CCC(C#N)c1nccc(-c2ccccc2F)n1. The molecule has 2 aromatic rings. The molecule has 18 heavy (non-hydrogen) atoms. The number of benzene rings is 1. The topological polar surface area (TPSA) is 49.6 Å². The third-order valence-corrected chi connectivity index (χ3v) is 2.70. The summed E-state index contributed by atoms with van der Waals surface area (Å²) in [5, 5.41) is 8.99. The molecule has 0 aliphatic carbocycles. The molecule has 1 heterocycles. The number of hydrogen-bond donors (Lipinski definition) is 0. The fourth-order valence-corrected chi connectivity index (χ4v) is 1.69. The first kappa shape index (κ1) is 12.2. The zero-order valence-electron chi connectivity index (χ0n) is 9.97. The fourth-order valence-electron chi connectivity index (χ4n) is 1.69. The lowest BCUT2D eigenvalue weighted by molar-refractivity contribution is 0.630. The van der Waals surface area contributed by atoms with Crippen molar-refractivity contribution in [2.45, 2.75) is 19.3 Å². The van der Waals surface area contributed by atoms with E-state index in [1.807, 2.05) is 6.92 Å². The van der Waals surface area contributed by atoms with E-state index >= 15 is 0 Å². The van der Waals surface area contributed by atoms with Gasteiger partial charge in [0.1, 0.15) is 17.6 Å². The Morgan fingerprint density at radius 2 is 2.11 bits per heavy atom. The van der Waals surface area contributed by atoms with E-state index in [1.165, 1.54) is 6.07 Å². The average molecular weight is 241 g/mol. The molecule has 0 amide bonds. The molecule has 90 valence electrons. The van der Waals surface area contributed by atoms with Gasteiger partial charge in [-0.25, -0.2) is 14.4 Å². The number of hydrogen-bond acceptors (Lipinski definition) is 3. The maximum Gasteiger partial charge on any atom is 0.146 e. The first-order valence-corrected chi connectivity index (χ1v) is 5.73. The highest BCUT2D eigenvalue weighted by Crippen LogP contribution is 2.22. The zero-order valence-corrected chi connectivity index (χ0v) is 9.97. The van der Waals surface area contributed by atoms with E-state index in [1.54, 1.807) is 30.5 Å². The van der Waals surface area contributed by atoms with E-state index in [4.69, 9.17) is 5.26 Å². The molecule has 0 radical (unpaired) electrons. The van der Waals surface area contributed by atoms with Gasteiger partial charge in [-0.2, -0.15) is 5.26 Å². The Balaban J connectivity index is 2.46. The van der Waals surface area contributed by atoms with E-state index in [2.05, 4.69) is 16.0 Å². The molecular formula is C14H12FN3. The van der Waals surface area contributed by atoms with Crippen molar-refractivity contribution in [2.75, 3.05) is 0 Å². The molecule has 0 spiro atoms. The van der Waals surface area contributed by atoms with Crippen LogP contribution in [-0.4, -0.2) is 9.97 Å². The molecule has 0 saturated carbocycles. The van der Waals surface area contributed by atoms with Crippen LogP contribution >= 0.6 is 0 Å². The van der Waals surface area contributed by atoms with Gasteiger partial charge in [0.15, 0.2) is 0 Å². The lowest BCUT2D eigenvalue weighted by Crippen LogP contribution is -2.02. The summed E-state index contributed by atoms with van der Waals surface area (Å²) in [6, 6.07) is 10.2. The van der Waals surface area contributed by atoms with Crippen molar-refractivity contribution in [3.63, 3.8) is 0 Å². The minimum Gasteiger partial charge on any atom is -0.240 e. The van der Waals surface area contributed by atoms with Crippen molar-refractivity contribution >= 4 is 0 Å². The van der Waals surface area contributed by atoms with Gasteiger partial charge in [0.2, 0.25) is 0 Å². The van der Waals surface area contributed by atoms with Gasteiger partial charge >= 0.3 is 0 Å². The number of aromatic nitrogens is 2. The van der Waals surface area contributed by atoms with Crippen molar-refractivity contribution in [1.82, 2.24) is 9.97 Å². The van der Waals surface area contributed by atoms with E-state index in [0.717, 1.165) is 0 Å². The Hall–Kier alpha value is -2.28. The minimum absolute atomic E-state index is 0.327. The predicted octanol–water partition coefficient (Wildman–Crippen LogP) is 3.30. The molecule has 2 rings (SSSR count). The number of nitrogens with zero attached hydrogens (tertiary/aromatic N) is 3. The van der Waals surface area contributed by atoms with Gasteiger partial charge in [-0.15, -0.1) is 0 Å². The van der Waals surface area contributed by atoms with Crippen LogP contribution in [0.5, 0.6) is 0 Å². The summed E-state index contributed by atoms with van der Waals surface area (Å²) < 4.78 is 13.6. The number of rotatable bonds is 3. The quantitative estimate of drug-likeness (QED) is 0.828. The summed E-state index contributed by atoms with van der Waals surface area (Å²) in [5.74, 6) is -0.232. The fraction of sp³-hybridized carbons (Fsp3) is 0.214. The second-order valence-corrected chi connectivity index (χ2v) is 3.87. The van der Waals surface area contributed by atoms with Crippen molar-refractivity contribution in [3.8, 4) is 17.3 Å². The van der Waals surface area contributed by atoms with Crippen LogP contribution in [0.3, 0.4) is 0 Å². The summed E-state index contributed by atoms with van der Waals surface area (Å²) in [7, 11) is 0. The molecule has 1 aromatic heterocycles. The maximum atomic E-state index is 13.6. The standard InChI is InChI=1S/C14H12FN3/c1-2-10(9-16)14-17-8-7-13(18-14)11-5-3-4-6-12(11)15/h3-8,10H,2H2,1H3. The Morgan fingerprint density at radius 3 is 2.78 bits per heavy atom. The predicted molar refractivity (Wildman–Crippen MR) is 66.1 cm³/mol.